The summed E-state index contributed by atoms with van der Waals surface area (Å²) in [5, 5.41) is 29.1. The molecule has 2 aliphatic rings. The third kappa shape index (κ3) is 3.50. The molecule has 3 rings (SSSR count). The van der Waals surface area contributed by atoms with Crippen molar-refractivity contribution in [1.29, 1.82) is 5.41 Å². The van der Waals surface area contributed by atoms with E-state index in [0.717, 1.165) is 6.08 Å². The van der Waals surface area contributed by atoms with Crippen molar-refractivity contribution >= 4 is 46.9 Å². The predicted octanol–water partition coefficient (Wildman–Crippen LogP) is -2.32. The van der Waals surface area contributed by atoms with Crippen LogP contribution in [0.1, 0.15) is 5.01 Å². The second-order valence-electron chi connectivity index (χ2n) is 4.69. The molecule has 118 valence electrons. The van der Waals surface area contributed by atoms with Gasteiger partial charge in [0, 0.05) is 17.3 Å². The number of carboxylic acid groups (broad SMARTS) is 1. The van der Waals surface area contributed by atoms with E-state index in [1.165, 1.54) is 34.1 Å². The van der Waals surface area contributed by atoms with Gasteiger partial charge in [0.1, 0.15) is 16.1 Å². The molecule has 7 nitrogen and oxygen atoms in total. The van der Waals surface area contributed by atoms with Crippen LogP contribution in [0.3, 0.4) is 0 Å². The molecule has 0 unspecified atom stereocenters. The van der Waals surface area contributed by atoms with Crippen LogP contribution < -0.4 is 34.7 Å². The number of aromatic nitrogens is 1. The van der Waals surface area contributed by atoms with Gasteiger partial charge in [0.05, 0.1) is 5.57 Å². The summed E-state index contributed by atoms with van der Waals surface area (Å²) < 4.78 is 0. The number of thiazole rings is 1. The Morgan fingerprint density at radius 1 is 1.54 bits per heavy atom. The number of amides is 1. The topological polar surface area (TPSA) is 117 Å². The molecule has 0 radical (unpaired) electrons. The Labute approximate surface area is 167 Å². The van der Waals surface area contributed by atoms with Gasteiger partial charge in [-0.15, -0.1) is 23.1 Å². The quantitative estimate of drug-likeness (QED) is 0.202. The van der Waals surface area contributed by atoms with Crippen molar-refractivity contribution in [2.45, 2.75) is 5.37 Å². The van der Waals surface area contributed by atoms with Crippen molar-refractivity contribution in [2.24, 2.45) is 0 Å². The Morgan fingerprint density at radius 3 is 2.88 bits per heavy atom. The summed E-state index contributed by atoms with van der Waals surface area (Å²) in [5.41, 5.74) is 0.733. The van der Waals surface area contributed by atoms with E-state index in [1.807, 2.05) is 0 Å². The van der Waals surface area contributed by atoms with E-state index in [0.29, 0.717) is 21.9 Å². The minimum atomic E-state index is -1.23. The van der Waals surface area contributed by atoms with Crippen molar-refractivity contribution < 1.29 is 49.4 Å². The average Bonchev–Trinajstić information content (AvgIpc) is 3.02. The number of β-lactam (4-membered cyclic amide) rings is 1. The van der Waals surface area contributed by atoms with Crippen LogP contribution in [-0.4, -0.2) is 43.9 Å². The number of allylic oxidation sites excluding steroid dienone is 1. The molecule has 1 amide bonds. The SMILES string of the molecule is N=C([O-])/C=C/C1=C(C(=O)O)N2C(=O)/C(=C/c3nccs3)[C@H]2SC1.[Na+]. The fourth-order valence-corrected chi connectivity index (χ4v) is 4.16. The van der Waals surface area contributed by atoms with E-state index in [-0.39, 0.29) is 46.5 Å². The first-order valence-electron chi connectivity index (χ1n) is 6.45. The summed E-state index contributed by atoms with van der Waals surface area (Å²) >= 11 is 2.79. The number of thioether (sulfide) groups is 1. The van der Waals surface area contributed by atoms with Gasteiger partial charge in [-0.25, -0.2) is 9.78 Å². The molecule has 0 aliphatic carbocycles. The molecule has 0 saturated carbocycles. The van der Waals surface area contributed by atoms with Gasteiger partial charge in [-0.2, -0.15) is 0 Å². The van der Waals surface area contributed by atoms with Gasteiger partial charge in [0.25, 0.3) is 5.91 Å². The molecule has 1 fully saturated rings. The third-order valence-electron chi connectivity index (χ3n) is 3.28. The number of hydrogen-bond acceptors (Lipinski definition) is 7. The van der Waals surface area contributed by atoms with Crippen LogP contribution in [0, 0.1) is 5.41 Å². The smallest absolute Gasteiger partial charge is 0.859 e. The maximum Gasteiger partial charge on any atom is 1.00 e. The van der Waals surface area contributed by atoms with Gasteiger partial charge in [-0.3, -0.25) is 9.69 Å². The first-order chi connectivity index (χ1) is 11.0. The predicted molar refractivity (Wildman–Crippen MR) is 84.7 cm³/mol. The zero-order valence-electron chi connectivity index (χ0n) is 12.6. The summed E-state index contributed by atoms with van der Waals surface area (Å²) in [6, 6.07) is 0. The Kier molecular flexibility index (Phi) is 6.05. The summed E-state index contributed by atoms with van der Waals surface area (Å²) in [4.78, 5) is 29.1. The summed E-state index contributed by atoms with van der Waals surface area (Å²) in [5.74, 6) is -2.18. The Hall–Kier alpha value is -1.39. The molecule has 1 aromatic heterocycles. The normalized spacial score (nSPS) is 21.5. The van der Waals surface area contributed by atoms with Gasteiger partial charge in [-0.05, 0) is 17.5 Å². The van der Waals surface area contributed by atoms with Crippen LogP contribution in [0.2, 0.25) is 0 Å². The Morgan fingerprint density at radius 2 is 2.29 bits per heavy atom. The largest absolute Gasteiger partial charge is 1.00 e. The van der Waals surface area contributed by atoms with E-state index in [1.54, 1.807) is 17.7 Å². The van der Waals surface area contributed by atoms with E-state index < -0.39 is 11.9 Å². The number of hydrogen-bond donors (Lipinski definition) is 2. The standard InChI is InChI=1S/C14H11N3O4S2.Na/c15-9(18)2-1-7-6-23-13-8(5-10-16-3-4-22-10)12(19)17(13)11(7)14(20)21;/h1-5,13H,6H2,(H2,15,18)(H,20,21);/q;+1/p-1/b2-1+,8-5-;/t13-;/m1./s1. The number of carbonyl (C=O) groups is 2. The molecule has 0 bridgehead atoms. The number of nitrogens with one attached hydrogen (secondary N) is 1. The molecule has 2 N–H and O–H groups in total. The van der Waals surface area contributed by atoms with Crippen molar-refractivity contribution in [3.63, 3.8) is 0 Å². The second-order valence-corrected chi connectivity index (χ2v) is 6.68. The van der Waals surface area contributed by atoms with Crippen molar-refractivity contribution in [2.75, 3.05) is 5.75 Å². The van der Waals surface area contributed by atoms with Crippen LogP contribution >= 0.6 is 23.1 Å². The minimum absolute atomic E-state index is 0. The van der Waals surface area contributed by atoms with Crippen LogP contribution in [0.15, 0.2) is 40.6 Å². The molecular formula is C14H10N3NaO4S2. The molecule has 0 aromatic carbocycles. The number of nitrogens with zero attached hydrogens (tertiary/aromatic N) is 2. The Balaban J connectivity index is 0.00000208. The van der Waals surface area contributed by atoms with Gasteiger partial charge < -0.3 is 15.6 Å². The molecule has 1 atom stereocenters. The van der Waals surface area contributed by atoms with Crippen LogP contribution in [0.25, 0.3) is 6.08 Å². The second kappa shape index (κ2) is 7.66. The zero-order valence-corrected chi connectivity index (χ0v) is 16.2. The van der Waals surface area contributed by atoms with E-state index in [9.17, 15) is 19.8 Å². The fraction of sp³-hybridized carbons (Fsp3) is 0.143. The molecule has 2 aliphatic heterocycles. The van der Waals surface area contributed by atoms with Crippen molar-refractivity contribution in [3.8, 4) is 0 Å². The van der Waals surface area contributed by atoms with Crippen LogP contribution in [0.4, 0.5) is 0 Å². The number of carbonyl (C=O) groups excluding carboxylic acids is 1. The number of carboxylic acids is 1. The van der Waals surface area contributed by atoms with Gasteiger partial charge >= 0.3 is 35.5 Å². The van der Waals surface area contributed by atoms with Crippen LogP contribution in [0.5, 0.6) is 0 Å². The molecule has 1 saturated heterocycles. The third-order valence-corrected chi connectivity index (χ3v) is 5.26. The fourth-order valence-electron chi connectivity index (χ4n) is 2.31. The molecule has 3 heterocycles. The first-order valence-corrected chi connectivity index (χ1v) is 8.38. The monoisotopic (exact) mass is 371 g/mol. The molecular weight excluding hydrogens is 361 g/mol. The average molecular weight is 371 g/mol. The van der Waals surface area contributed by atoms with Crippen molar-refractivity contribution in [1.82, 2.24) is 9.88 Å². The number of rotatable bonds is 4. The minimum Gasteiger partial charge on any atom is -0.859 e. The van der Waals surface area contributed by atoms with E-state index in [2.05, 4.69) is 4.98 Å². The maximum atomic E-state index is 12.3. The van der Waals surface area contributed by atoms with Gasteiger partial charge in [0.2, 0.25) is 0 Å². The molecule has 10 heteroatoms. The summed E-state index contributed by atoms with van der Waals surface area (Å²) in [6.07, 6.45) is 5.58. The summed E-state index contributed by atoms with van der Waals surface area (Å²) in [7, 11) is 0. The number of aliphatic carboxylic acids is 1. The van der Waals surface area contributed by atoms with Crippen LogP contribution in [-0.2, 0) is 9.59 Å². The molecule has 1 aromatic rings. The van der Waals surface area contributed by atoms with Gasteiger partial charge in [-0.1, -0.05) is 12.2 Å². The first kappa shape index (κ1) is 18.9. The maximum absolute atomic E-state index is 12.3. The zero-order chi connectivity index (χ0) is 16.6. The van der Waals surface area contributed by atoms with E-state index in [4.69, 9.17) is 5.41 Å². The molecule has 0 spiro atoms. The van der Waals surface area contributed by atoms with Gasteiger partial charge in [0.15, 0.2) is 0 Å². The Bertz CT molecular complexity index is 786. The molecule has 24 heavy (non-hydrogen) atoms. The van der Waals surface area contributed by atoms with Crippen molar-refractivity contribution in [3.05, 3.63) is 45.6 Å². The summed E-state index contributed by atoms with van der Waals surface area (Å²) in [6.45, 7) is 0. The number of fused-ring (bicyclic) bond motifs is 1. The van der Waals surface area contributed by atoms with E-state index >= 15 is 0 Å².